The Morgan fingerprint density at radius 2 is 1.86 bits per heavy atom. The topological polar surface area (TPSA) is 75.6 Å². The second-order valence-corrected chi connectivity index (χ2v) is 6.12. The Balaban J connectivity index is 1.92. The lowest BCUT2D eigenvalue weighted by atomic mass is 10.1. The van der Waals surface area contributed by atoms with Crippen LogP contribution in [0.1, 0.15) is 19.4 Å². The van der Waals surface area contributed by atoms with Crippen molar-refractivity contribution < 1.29 is 4.92 Å². The maximum atomic E-state index is 10.9. The van der Waals surface area contributed by atoms with Crippen molar-refractivity contribution in [2.45, 2.75) is 20.4 Å². The van der Waals surface area contributed by atoms with Gasteiger partial charge < -0.3 is 10.6 Å². The van der Waals surface area contributed by atoms with Gasteiger partial charge in [-0.25, -0.2) is 0 Å². The van der Waals surface area contributed by atoms with Crippen LogP contribution in [0.2, 0.25) is 0 Å². The van der Waals surface area contributed by atoms with E-state index < -0.39 is 4.92 Å². The van der Waals surface area contributed by atoms with Crippen LogP contribution in [0.3, 0.4) is 0 Å². The van der Waals surface area contributed by atoms with Gasteiger partial charge in [0.15, 0.2) is 0 Å². The van der Waals surface area contributed by atoms with Crippen LogP contribution in [-0.2, 0) is 6.54 Å². The minimum absolute atomic E-state index is 0.00550. The summed E-state index contributed by atoms with van der Waals surface area (Å²) in [4.78, 5) is 15.3. The van der Waals surface area contributed by atoms with Crippen LogP contribution in [0.5, 0.6) is 0 Å². The van der Waals surface area contributed by atoms with E-state index in [-0.39, 0.29) is 11.4 Å². The van der Waals surface area contributed by atoms with Crippen molar-refractivity contribution in [1.29, 1.82) is 0 Å². The summed E-state index contributed by atoms with van der Waals surface area (Å²) in [7, 11) is 0. The largest absolute Gasteiger partial charge is 0.393 e. The summed E-state index contributed by atoms with van der Waals surface area (Å²) in [6, 6.07) is 5.10. The number of hydrogen-bond donors (Lipinski definition) is 1. The summed E-state index contributed by atoms with van der Waals surface area (Å²) in [5.74, 6) is 0.691. The van der Waals surface area contributed by atoms with E-state index in [4.69, 9.17) is 5.73 Å². The Morgan fingerprint density at radius 3 is 2.43 bits per heavy atom. The molecule has 1 saturated heterocycles. The highest BCUT2D eigenvalue weighted by Crippen LogP contribution is 2.23. The number of nitro groups is 1. The highest BCUT2D eigenvalue weighted by Gasteiger charge is 2.19. The highest BCUT2D eigenvalue weighted by atomic mass is 16.6. The van der Waals surface area contributed by atoms with E-state index in [0.717, 1.165) is 44.8 Å². The molecular formula is C15H24N4O2. The fourth-order valence-electron chi connectivity index (χ4n) is 2.75. The van der Waals surface area contributed by atoms with Crippen molar-refractivity contribution in [1.82, 2.24) is 9.80 Å². The monoisotopic (exact) mass is 292 g/mol. The molecule has 21 heavy (non-hydrogen) atoms. The standard InChI is InChI=1S/C15H24N4O2/c1-12(2)10-17-5-7-18(8-6-17)11-13-3-4-14(16)15(9-13)19(20)21/h3-4,9,12H,5-8,10-11,16H2,1-2H3. The number of nitro benzene ring substituents is 1. The molecule has 6 nitrogen and oxygen atoms in total. The molecule has 116 valence electrons. The van der Waals surface area contributed by atoms with Gasteiger partial charge in [-0.2, -0.15) is 0 Å². The van der Waals surface area contributed by atoms with E-state index >= 15 is 0 Å². The predicted octanol–water partition coefficient (Wildman–Crippen LogP) is 1.95. The Kier molecular flexibility index (Phi) is 5.14. The smallest absolute Gasteiger partial charge is 0.292 e. The van der Waals surface area contributed by atoms with Gasteiger partial charge in [-0.1, -0.05) is 19.9 Å². The van der Waals surface area contributed by atoms with Crippen molar-refractivity contribution in [2.24, 2.45) is 5.92 Å². The van der Waals surface area contributed by atoms with Crippen LogP contribution in [0.4, 0.5) is 11.4 Å². The molecule has 1 aromatic carbocycles. The lowest BCUT2D eigenvalue weighted by Gasteiger charge is -2.35. The van der Waals surface area contributed by atoms with E-state index in [1.165, 1.54) is 0 Å². The first-order valence-electron chi connectivity index (χ1n) is 7.43. The third-order valence-corrected chi connectivity index (χ3v) is 3.79. The van der Waals surface area contributed by atoms with E-state index in [9.17, 15) is 10.1 Å². The molecule has 2 rings (SSSR count). The zero-order valence-electron chi connectivity index (χ0n) is 12.8. The molecule has 6 heteroatoms. The zero-order valence-corrected chi connectivity index (χ0v) is 12.8. The summed E-state index contributed by atoms with van der Waals surface area (Å²) in [6.07, 6.45) is 0. The normalized spacial score (nSPS) is 17.3. The minimum Gasteiger partial charge on any atom is -0.393 e. The molecule has 0 saturated carbocycles. The fraction of sp³-hybridized carbons (Fsp3) is 0.600. The predicted molar refractivity (Wildman–Crippen MR) is 84.1 cm³/mol. The Hall–Kier alpha value is -1.66. The quantitative estimate of drug-likeness (QED) is 0.510. The third kappa shape index (κ3) is 4.41. The lowest BCUT2D eigenvalue weighted by Crippen LogP contribution is -2.46. The molecule has 0 amide bonds. The molecule has 0 radical (unpaired) electrons. The Labute approximate surface area is 125 Å². The molecule has 1 aromatic rings. The van der Waals surface area contributed by atoms with Gasteiger partial charge in [0.25, 0.3) is 5.69 Å². The van der Waals surface area contributed by atoms with Gasteiger partial charge >= 0.3 is 0 Å². The van der Waals surface area contributed by atoms with E-state index in [1.54, 1.807) is 12.1 Å². The molecule has 1 fully saturated rings. The van der Waals surface area contributed by atoms with Crippen LogP contribution in [0, 0.1) is 16.0 Å². The van der Waals surface area contributed by atoms with Crippen molar-refractivity contribution in [3.05, 3.63) is 33.9 Å². The first-order chi connectivity index (χ1) is 9.95. The molecule has 1 heterocycles. The Bertz CT molecular complexity index is 496. The Morgan fingerprint density at radius 1 is 1.24 bits per heavy atom. The molecule has 0 atom stereocenters. The number of benzene rings is 1. The van der Waals surface area contributed by atoms with Crippen molar-refractivity contribution in [3.8, 4) is 0 Å². The molecule has 1 aliphatic rings. The number of piperazine rings is 1. The van der Waals surface area contributed by atoms with Gasteiger partial charge in [0, 0.05) is 45.3 Å². The molecular weight excluding hydrogens is 268 g/mol. The maximum Gasteiger partial charge on any atom is 0.292 e. The van der Waals surface area contributed by atoms with Gasteiger partial charge in [0.1, 0.15) is 5.69 Å². The SMILES string of the molecule is CC(C)CN1CCN(Cc2ccc(N)c([N+](=O)[O-])c2)CC1. The first kappa shape index (κ1) is 15.7. The van der Waals surface area contributed by atoms with Crippen molar-refractivity contribution >= 4 is 11.4 Å². The van der Waals surface area contributed by atoms with Gasteiger partial charge in [-0.05, 0) is 17.5 Å². The molecule has 0 aromatic heterocycles. The summed E-state index contributed by atoms with van der Waals surface area (Å²) < 4.78 is 0. The number of nitrogens with zero attached hydrogens (tertiary/aromatic N) is 3. The van der Waals surface area contributed by atoms with Gasteiger partial charge in [-0.15, -0.1) is 0 Å². The average Bonchev–Trinajstić information content (AvgIpc) is 2.42. The highest BCUT2D eigenvalue weighted by molar-refractivity contribution is 5.59. The molecule has 0 unspecified atom stereocenters. The number of hydrogen-bond acceptors (Lipinski definition) is 5. The molecule has 1 aliphatic heterocycles. The summed E-state index contributed by atoms with van der Waals surface area (Å²) >= 11 is 0. The number of rotatable bonds is 5. The van der Waals surface area contributed by atoms with Crippen LogP contribution < -0.4 is 5.73 Å². The molecule has 2 N–H and O–H groups in total. The van der Waals surface area contributed by atoms with Crippen LogP contribution in [0.25, 0.3) is 0 Å². The maximum absolute atomic E-state index is 10.9. The summed E-state index contributed by atoms with van der Waals surface area (Å²) in [6.45, 7) is 10.5. The molecule has 0 spiro atoms. The second kappa shape index (κ2) is 6.87. The van der Waals surface area contributed by atoms with Gasteiger partial charge in [0.05, 0.1) is 4.92 Å². The number of anilines is 1. The third-order valence-electron chi connectivity index (χ3n) is 3.79. The molecule has 0 bridgehead atoms. The number of nitrogens with two attached hydrogens (primary N) is 1. The number of nitrogen functional groups attached to an aromatic ring is 1. The van der Waals surface area contributed by atoms with Crippen LogP contribution in [-0.4, -0.2) is 47.4 Å². The van der Waals surface area contributed by atoms with E-state index in [0.29, 0.717) is 5.92 Å². The summed E-state index contributed by atoms with van der Waals surface area (Å²) in [5.41, 5.74) is 6.81. The van der Waals surface area contributed by atoms with Crippen molar-refractivity contribution in [2.75, 3.05) is 38.5 Å². The van der Waals surface area contributed by atoms with Crippen molar-refractivity contribution in [3.63, 3.8) is 0 Å². The van der Waals surface area contributed by atoms with E-state index in [2.05, 4.69) is 23.6 Å². The fourth-order valence-corrected chi connectivity index (χ4v) is 2.75. The van der Waals surface area contributed by atoms with Gasteiger partial charge in [-0.3, -0.25) is 15.0 Å². The second-order valence-electron chi connectivity index (χ2n) is 6.12. The minimum atomic E-state index is -0.417. The van der Waals surface area contributed by atoms with Gasteiger partial charge in [0.2, 0.25) is 0 Å². The molecule has 0 aliphatic carbocycles. The zero-order chi connectivity index (χ0) is 15.4. The van der Waals surface area contributed by atoms with Crippen LogP contribution >= 0.6 is 0 Å². The first-order valence-corrected chi connectivity index (χ1v) is 7.43. The van der Waals surface area contributed by atoms with E-state index in [1.807, 2.05) is 6.07 Å². The lowest BCUT2D eigenvalue weighted by molar-refractivity contribution is -0.384. The average molecular weight is 292 g/mol. The summed E-state index contributed by atoms with van der Waals surface area (Å²) in [5, 5.41) is 10.9. The van der Waals surface area contributed by atoms with Crippen LogP contribution in [0.15, 0.2) is 18.2 Å².